The molecule has 33 heavy (non-hydrogen) atoms. The second kappa shape index (κ2) is 10.6. The van der Waals surface area contributed by atoms with Crippen LogP contribution in [0, 0.1) is 23.4 Å². The molecule has 3 aromatic rings. The van der Waals surface area contributed by atoms with Crippen LogP contribution in [-0.2, 0) is 6.42 Å². The molecule has 0 radical (unpaired) electrons. The maximum atomic E-state index is 15.0. The summed E-state index contributed by atoms with van der Waals surface area (Å²) in [5.41, 5.74) is 2.98. The molecule has 0 saturated heterocycles. The van der Waals surface area contributed by atoms with Crippen molar-refractivity contribution in [2.45, 2.75) is 70.6 Å². The van der Waals surface area contributed by atoms with E-state index in [0.717, 1.165) is 31.2 Å². The Labute approximate surface area is 195 Å². The number of halogens is 3. The third kappa shape index (κ3) is 5.51. The molecule has 4 rings (SSSR count). The van der Waals surface area contributed by atoms with Crippen LogP contribution in [0.1, 0.15) is 80.9 Å². The van der Waals surface area contributed by atoms with E-state index in [1.54, 1.807) is 12.1 Å². The second-order valence-corrected chi connectivity index (χ2v) is 9.67. The monoisotopic (exact) mass is 450 g/mol. The summed E-state index contributed by atoms with van der Waals surface area (Å²) in [4.78, 5) is 0. The van der Waals surface area contributed by atoms with Gasteiger partial charge in [0, 0.05) is 11.1 Å². The molecule has 1 saturated carbocycles. The molecule has 1 aliphatic carbocycles. The largest absolute Gasteiger partial charge is 0.207 e. The Hall–Kier alpha value is -2.55. The zero-order valence-electron chi connectivity index (χ0n) is 19.6. The number of hydrogen-bond acceptors (Lipinski definition) is 0. The topological polar surface area (TPSA) is 0 Å². The first-order valence-corrected chi connectivity index (χ1v) is 12.3. The number of benzene rings is 3. The highest BCUT2D eigenvalue weighted by Crippen LogP contribution is 2.40. The van der Waals surface area contributed by atoms with Gasteiger partial charge in [0.15, 0.2) is 0 Å². The maximum Gasteiger partial charge on any atom is 0.131 e. The fraction of sp³-hybridized carbons (Fsp3) is 0.400. The van der Waals surface area contributed by atoms with Crippen molar-refractivity contribution in [2.75, 3.05) is 0 Å². The minimum absolute atomic E-state index is 0.0802. The van der Waals surface area contributed by atoms with Gasteiger partial charge in [-0.1, -0.05) is 62.7 Å². The summed E-state index contributed by atoms with van der Waals surface area (Å²) in [7, 11) is 0. The van der Waals surface area contributed by atoms with Crippen LogP contribution in [0.4, 0.5) is 13.2 Å². The number of hydrogen-bond donors (Lipinski definition) is 0. The molecule has 0 unspecified atom stereocenters. The SMILES string of the molecule is CCCc1c(F)cc(-c2ccc(C3CCC(C[C@@H](C)c4ccccc4)CC3)cc2F)cc1F. The van der Waals surface area contributed by atoms with E-state index in [0.29, 0.717) is 30.6 Å². The van der Waals surface area contributed by atoms with E-state index < -0.39 is 17.5 Å². The van der Waals surface area contributed by atoms with E-state index >= 15 is 0 Å². The van der Waals surface area contributed by atoms with Crippen LogP contribution in [0.3, 0.4) is 0 Å². The van der Waals surface area contributed by atoms with E-state index in [4.69, 9.17) is 0 Å². The summed E-state index contributed by atoms with van der Waals surface area (Å²) in [6, 6.07) is 18.4. The fourth-order valence-corrected chi connectivity index (χ4v) is 5.42. The lowest BCUT2D eigenvalue weighted by Gasteiger charge is -2.30. The Balaban J connectivity index is 1.41. The van der Waals surface area contributed by atoms with E-state index in [1.165, 1.54) is 24.1 Å². The minimum Gasteiger partial charge on any atom is -0.207 e. The van der Waals surface area contributed by atoms with Gasteiger partial charge >= 0.3 is 0 Å². The highest BCUT2D eigenvalue weighted by Gasteiger charge is 2.25. The zero-order valence-corrected chi connectivity index (χ0v) is 19.6. The van der Waals surface area contributed by atoms with Gasteiger partial charge in [-0.05, 0) is 91.2 Å². The Bertz CT molecular complexity index is 1040. The second-order valence-electron chi connectivity index (χ2n) is 9.67. The summed E-state index contributed by atoms with van der Waals surface area (Å²) in [6.07, 6.45) is 6.60. The number of rotatable bonds is 7. The summed E-state index contributed by atoms with van der Waals surface area (Å²) in [6.45, 7) is 4.18. The van der Waals surface area contributed by atoms with Gasteiger partial charge < -0.3 is 0 Å². The molecule has 0 N–H and O–H groups in total. The standard InChI is InChI=1S/C30H33F3/c1-3-7-27-29(32)18-25(19-30(27)33)26-15-14-24(17-28(26)31)23-12-10-21(11-13-23)16-20(2)22-8-5-4-6-9-22/h4-6,8-9,14-15,17-21,23H,3,7,10-13,16H2,1-2H3/t20-,21?,23?/m1/s1. The predicted molar refractivity (Wildman–Crippen MR) is 130 cm³/mol. The normalized spacial score (nSPS) is 19.4. The van der Waals surface area contributed by atoms with Gasteiger partial charge in [-0.25, -0.2) is 13.2 Å². The molecule has 0 heterocycles. The molecule has 1 aliphatic rings. The maximum absolute atomic E-state index is 15.0. The van der Waals surface area contributed by atoms with Crippen LogP contribution >= 0.6 is 0 Å². The molecule has 174 valence electrons. The van der Waals surface area contributed by atoms with Gasteiger partial charge in [-0.2, -0.15) is 0 Å². The molecule has 0 spiro atoms. The van der Waals surface area contributed by atoms with Gasteiger partial charge in [0.25, 0.3) is 0 Å². The molecule has 3 heteroatoms. The van der Waals surface area contributed by atoms with Crippen LogP contribution in [0.5, 0.6) is 0 Å². The molecular formula is C30H33F3. The van der Waals surface area contributed by atoms with Crippen molar-refractivity contribution in [2.24, 2.45) is 5.92 Å². The Morgan fingerprint density at radius 3 is 2.09 bits per heavy atom. The molecule has 0 bridgehead atoms. The molecule has 0 amide bonds. The molecular weight excluding hydrogens is 417 g/mol. The van der Waals surface area contributed by atoms with Crippen LogP contribution in [0.15, 0.2) is 60.7 Å². The van der Waals surface area contributed by atoms with Crippen molar-refractivity contribution in [3.05, 3.63) is 94.8 Å². The van der Waals surface area contributed by atoms with Gasteiger partial charge in [-0.15, -0.1) is 0 Å². The third-order valence-electron chi connectivity index (χ3n) is 7.32. The summed E-state index contributed by atoms with van der Waals surface area (Å²) in [5, 5.41) is 0. The van der Waals surface area contributed by atoms with Crippen molar-refractivity contribution in [1.82, 2.24) is 0 Å². The van der Waals surface area contributed by atoms with Crippen LogP contribution in [0.2, 0.25) is 0 Å². The smallest absolute Gasteiger partial charge is 0.131 e. The highest BCUT2D eigenvalue weighted by atomic mass is 19.1. The van der Waals surface area contributed by atoms with Crippen molar-refractivity contribution in [3.63, 3.8) is 0 Å². The Morgan fingerprint density at radius 1 is 0.818 bits per heavy atom. The van der Waals surface area contributed by atoms with Crippen LogP contribution in [-0.4, -0.2) is 0 Å². The van der Waals surface area contributed by atoms with Crippen molar-refractivity contribution >= 4 is 0 Å². The average molecular weight is 451 g/mol. The van der Waals surface area contributed by atoms with Gasteiger partial charge in [0.2, 0.25) is 0 Å². The zero-order chi connectivity index (χ0) is 23.4. The molecule has 0 aromatic heterocycles. The highest BCUT2D eigenvalue weighted by molar-refractivity contribution is 5.65. The quantitative estimate of drug-likeness (QED) is 0.336. The van der Waals surface area contributed by atoms with Gasteiger partial charge in [-0.3, -0.25) is 0 Å². The van der Waals surface area contributed by atoms with Crippen molar-refractivity contribution in [3.8, 4) is 11.1 Å². The van der Waals surface area contributed by atoms with E-state index in [2.05, 4.69) is 37.3 Å². The lowest BCUT2D eigenvalue weighted by atomic mass is 9.75. The first-order chi connectivity index (χ1) is 16.0. The van der Waals surface area contributed by atoms with E-state index in [-0.39, 0.29) is 16.7 Å². The lowest BCUT2D eigenvalue weighted by molar-refractivity contribution is 0.297. The van der Waals surface area contributed by atoms with E-state index in [9.17, 15) is 13.2 Å². The average Bonchev–Trinajstić information content (AvgIpc) is 2.82. The molecule has 3 aromatic carbocycles. The van der Waals surface area contributed by atoms with Crippen LogP contribution in [0.25, 0.3) is 11.1 Å². The van der Waals surface area contributed by atoms with Crippen molar-refractivity contribution in [1.29, 1.82) is 0 Å². The predicted octanol–water partition coefficient (Wildman–Crippen LogP) is 9.19. The summed E-state index contributed by atoms with van der Waals surface area (Å²) >= 11 is 0. The Kier molecular flexibility index (Phi) is 7.57. The molecule has 0 aliphatic heterocycles. The Morgan fingerprint density at radius 2 is 1.48 bits per heavy atom. The molecule has 0 nitrogen and oxygen atoms in total. The van der Waals surface area contributed by atoms with E-state index in [1.807, 2.05) is 13.0 Å². The molecule has 1 fully saturated rings. The first-order valence-electron chi connectivity index (χ1n) is 12.3. The fourth-order valence-electron chi connectivity index (χ4n) is 5.42. The van der Waals surface area contributed by atoms with Gasteiger partial charge in [0.05, 0.1) is 0 Å². The minimum atomic E-state index is -0.599. The summed E-state index contributed by atoms with van der Waals surface area (Å²) < 4.78 is 43.7. The van der Waals surface area contributed by atoms with Crippen LogP contribution < -0.4 is 0 Å². The third-order valence-corrected chi connectivity index (χ3v) is 7.32. The molecule has 1 atom stereocenters. The van der Waals surface area contributed by atoms with Crippen molar-refractivity contribution < 1.29 is 13.2 Å². The lowest BCUT2D eigenvalue weighted by Crippen LogP contribution is -2.15. The summed E-state index contributed by atoms with van der Waals surface area (Å²) in [5.74, 6) is -0.00879. The van der Waals surface area contributed by atoms with Gasteiger partial charge in [0.1, 0.15) is 17.5 Å². The first kappa shape index (κ1) is 23.6.